The molecule has 2 aromatic heterocycles. The normalized spacial score (nSPS) is 11.5. The molecule has 0 unspecified atom stereocenters. The SMILES string of the molecule is Cc1cc2cc(O)c(F)cc2n1C(=O)c1ccc(SC(F)F)s1. The van der Waals surface area contributed by atoms with Crippen LogP contribution in [0.25, 0.3) is 10.9 Å². The molecule has 1 N–H and O–H groups in total. The summed E-state index contributed by atoms with van der Waals surface area (Å²) in [6.07, 6.45) is 0. The summed E-state index contributed by atoms with van der Waals surface area (Å²) >= 11 is 1.34. The first-order valence-electron chi connectivity index (χ1n) is 6.46. The van der Waals surface area contributed by atoms with E-state index in [1.807, 2.05) is 0 Å². The van der Waals surface area contributed by atoms with Gasteiger partial charge in [0.25, 0.3) is 11.7 Å². The number of hydrogen-bond acceptors (Lipinski definition) is 4. The van der Waals surface area contributed by atoms with Crippen molar-refractivity contribution in [3.63, 3.8) is 0 Å². The van der Waals surface area contributed by atoms with E-state index in [0.29, 0.717) is 32.6 Å². The van der Waals surface area contributed by atoms with Gasteiger partial charge in [-0.1, -0.05) is 0 Å². The van der Waals surface area contributed by atoms with Crippen LogP contribution in [0.2, 0.25) is 0 Å². The van der Waals surface area contributed by atoms with Gasteiger partial charge in [-0.2, -0.15) is 8.78 Å². The number of phenols is 1. The number of aromatic hydroxyl groups is 1. The van der Waals surface area contributed by atoms with Crippen LogP contribution in [-0.4, -0.2) is 21.3 Å². The number of thioether (sulfide) groups is 1. The molecular weight excluding hydrogens is 347 g/mol. The van der Waals surface area contributed by atoms with Gasteiger partial charge in [0.05, 0.1) is 14.6 Å². The molecule has 3 nitrogen and oxygen atoms in total. The lowest BCUT2D eigenvalue weighted by Crippen LogP contribution is -2.11. The summed E-state index contributed by atoms with van der Waals surface area (Å²) in [6.45, 7) is 1.68. The molecule has 0 fully saturated rings. The lowest BCUT2D eigenvalue weighted by Gasteiger charge is -2.05. The molecule has 0 radical (unpaired) electrons. The van der Waals surface area contributed by atoms with Crippen molar-refractivity contribution in [2.24, 2.45) is 0 Å². The average molecular weight is 357 g/mol. The summed E-state index contributed by atoms with van der Waals surface area (Å²) in [5.74, 6) is -4.30. The van der Waals surface area contributed by atoms with Crippen LogP contribution in [0, 0.1) is 12.7 Å². The third-order valence-corrected chi connectivity index (χ3v) is 5.21. The minimum Gasteiger partial charge on any atom is -0.505 e. The predicted octanol–water partition coefficient (Wildman–Crippen LogP) is 4.86. The molecule has 0 saturated heterocycles. The van der Waals surface area contributed by atoms with Gasteiger partial charge in [-0.25, -0.2) is 4.39 Å². The smallest absolute Gasteiger partial charge is 0.289 e. The molecule has 0 spiro atoms. The van der Waals surface area contributed by atoms with Gasteiger partial charge in [-0.3, -0.25) is 9.36 Å². The molecule has 0 aliphatic carbocycles. The van der Waals surface area contributed by atoms with E-state index < -0.39 is 23.2 Å². The molecule has 120 valence electrons. The van der Waals surface area contributed by atoms with Gasteiger partial charge in [0.15, 0.2) is 11.6 Å². The highest BCUT2D eigenvalue weighted by Crippen LogP contribution is 2.33. The summed E-state index contributed by atoms with van der Waals surface area (Å²) < 4.78 is 40.0. The van der Waals surface area contributed by atoms with E-state index in [1.165, 1.54) is 22.8 Å². The first kappa shape index (κ1) is 15.9. The van der Waals surface area contributed by atoms with E-state index in [1.54, 1.807) is 13.0 Å². The number of alkyl halides is 2. The number of halogens is 3. The molecule has 0 aliphatic rings. The Balaban J connectivity index is 2.05. The molecule has 1 aromatic carbocycles. The number of thiophene rings is 1. The Hall–Kier alpha value is -1.93. The van der Waals surface area contributed by atoms with Gasteiger partial charge in [0.1, 0.15) is 0 Å². The molecule has 0 bridgehead atoms. The number of aryl methyl sites for hydroxylation is 1. The van der Waals surface area contributed by atoms with E-state index in [9.17, 15) is 23.1 Å². The van der Waals surface area contributed by atoms with E-state index in [2.05, 4.69) is 0 Å². The van der Waals surface area contributed by atoms with Crippen molar-refractivity contribution in [1.29, 1.82) is 0 Å². The highest BCUT2D eigenvalue weighted by Gasteiger charge is 2.19. The fourth-order valence-corrected chi connectivity index (χ4v) is 3.99. The van der Waals surface area contributed by atoms with Crippen molar-refractivity contribution >= 4 is 39.9 Å². The third-order valence-electron chi connectivity index (χ3n) is 3.25. The molecule has 3 aromatic rings. The second kappa shape index (κ2) is 5.93. The minimum absolute atomic E-state index is 0.280. The van der Waals surface area contributed by atoms with E-state index in [4.69, 9.17) is 0 Å². The third kappa shape index (κ3) is 2.96. The summed E-state index contributed by atoms with van der Waals surface area (Å²) in [6, 6.07) is 6.91. The predicted molar refractivity (Wildman–Crippen MR) is 84.2 cm³/mol. The maximum absolute atomic E-state index is 13.6. The quantitative estimate of drug-likeness (QED) is 0.681. The summed E-state index contributed by atoms with van der Waals surface area (Å²) in [5.41, 5.74) is 0.880. The fourth-order valence-electron chi connectivity index (χ4n) is 2.32. The number of carbonyl (C=O) groups is 1. The molecular formula is C15H10F3NO2S2. The van der Waals surface area contributed by atoms with Crippen LogP contribution in [0.4, 0.5) is 13.2 Å². The van der Waals surface area contributed by atoms with Crippen molar-refractivity contribution in [3.05, 3.63) is 46.7 Å². The van der Waals surface area contributed by atoms with Gasteiger partial charge in [0, 0.05) is 17.1 Å². The van der Waals surface area contributed by atoms with Crippen LogP contribution in [0.1, 0.15) is 15.4 Å². The Morgan fingerprint density at radius 3 is 2.74 bits per heavy atom. The van der Waals surface area contributed by atoms with E-state index >= 15 is 0 Å². The number of fused-ring (bicyclic) bond motifs is 1. The zero-order chi connectivity index (χ0) is 16.7. The summed E-state index contributed by atoms with van der Waals surface area (Å²) in [4.78, 5) is 12.9. The first-order chi connectivity index (χ1) is 10.9. The van der Waals surface area contributed by atoms with Crippen molar-refractivity contribution in [3.8, 4) is 5.75 Å². The topological polar surface area (TPSA) is 42.2 Å². The molecule has 0 amide bonds. The van der Waals surface area contributed by atoms with Crippen LogP contribution in [0.3, 0.4) is 0 Å². The zero-order valence-electron chi connectivity index (χ0n) is 11.7. The lowest BCUT2D eigenvalue weighted by molar-refractivity contribution is 0.0967. The highest BCUT2D eigenvalue weighted by atomic mass is 32.2. The fraction of sp³-hybridized carbons (Fsp3) is 0.133. The molecule has 0 atom stereocenters. The van der Waals surface area contributed by atoms with Crippen LogP contribution in [0.5, 0.6) is 5.75 Å². The Morgan fingerprint density at radius 2 is 2.04 bits per heavy atom. The molecule has 0 aliphatic heterocycles. The Kier molecular flexibility index (Phi) is 4.11. The maximum Gasteiger partial charge on any atom is 0.289 e. The van der Waals surface area contributed by atoms with Crippen molar-refractivity contribution < 1.29 is 23.1 Å². The standard InChI is InChI=1S/C15H10F3NO2S2/c1-7-4-8-5-11(20)9(16)6-10(8)19(7)14(21)12-2-3-13(22-12)23-15(17)18/h2-6,15,20H,1H3. The number of benzene rings is 1. The number of aromatic nitrogens is 1. The van der Waals surface area contributed by atoms with Gasteiger partial charge in [0.2, 0.25) is 0 Å². The largest absolute Gasteiger partial charge is 0.505 e. The molecule has 2 heterocycles. The van der Waals surface area contributed by atoms with Crippen LogP contribution >= 0.6 is 23.1 Å². The van der Waals surface area contributed by atoms with Crippen molar-refractivity contribution in [2.45, 2.75) is 16.9 Å². The first-order valence-corrected chi connectivity index (χ1v) is 8.16. The van der Waals surface area contributed by atoms with Crippen LogP contribution in [-0.2, 0) is 0 Å². The van der Waals surface area contributed by atoms with Crippen LogP contribution in [0.15, 0.2) is 34.5 Å². The van der Waals surface area contributed by atoms with Gasteiger partial charge in [-0.15, -0.1) is 11.3 Å². The van der Waals surface area contributed by atoms with Crippen molar-refractivity contribution in [2.75, 3.05) is 0 Å². The lowest BCUT2D eigenvalue weighted by atomic mass is 10.2. The number of phenolic OH excluding ortho intramolecular Hbond substituents is 1. The Morgan fingerprint density at radius 1 is 1.30 bits per heavy atom. The molecule has 3 rings (SSSR count). The molecule has 23 heavy (non-hydrogen) atoms. The Labute approximate surface area is 137 Å². The van der Waals surface area contributed by atoms with Gasteiger partial charge in [-0.05, 0) is 43.0 Å². The monoisotopic (exact) mass is 357 g/mol. The van der Waals surface area contributed by atoms with Crippen LogP contribution < -0.4 is 0 Å². The summed E-state index contributed by atoms with van der Waals surface area (Å²) in [5, 5.41) is 9.94. The second-order valence-corrected chi connectivity index (χ2v) is 7.16. The molecule has 0 saturated carbocycles. The van der Waals surface area contributed by atoms with E-state index in [0.717, 1.165) is 17.4 Å². The second-order valence-electron chi connectivity index (χ2n) is 4.79. The number of carbonyl (C=O) groups excluding carboxylic acids is 1. The highest BCUT2D eigenvalue weighted by molar-refractivity contribution is 8.01. The minimum atomic E-state index is -2.55. The zero-order valence-corrected chi connectivity index (χ0v) is 13.4. The number of hydrogen-bond donors (Lipinski definition) is 1. The Bertz CT molecular complexity index is 902. The maximum atomic E-state index is 13.6. The van der Waals surface area contributed by atoms with E-state index in [-0.39, 0.29) is 4.88 Å². The molecule has 8 heteroatoms. The van der Waals surface area contributed by atoms with Crippen molar-refractivity contribution in [1.82, 2.24) is 4.57 Å². The van der Waals surface area contributed by atoms with Gasteiger partial charge < -0.3 is 5.11 Å². The average Bonchev–Trinajstić information content (AvgIpc) is 3.02. The van der Waals surface area contributed by atoms with Gasteiger partial charge >= 0.3 is 0 Å². The number of nitrogens with zero attached hydrogens (tertiary/aromatic N) is 1. The summed E-state index contributed by atoms with van der Waals surface area (Å²) in [7, 11) is 0. The number of rotatable bonds is 3.